The van der Waals surface area contributed by atoms with Crippen molar-refractivity contribution in [2.75, 3.05) is 0 Å². The first-order chi connectivity index (χ1) is 6.90. The zero-order valence-electron chi connectivity index (χ0n) is 7.59. The van der Waals surface area contributed by atoms with Crippen molar-refractivity contribution in [3.63, 3.8) is 0 Å². The highest BCUT2D eigenvalue weighted by molar-refractivity contribution is 5.30. The molecular formula is C11H9N3. The maximum atomic E-state index is 6.74. The van der Waals surface area contributed by atoms with Gasteiger partial charge in [0, 0.05) is 6.20 Å². The summed E-state index contributed by atoms with van der Waals surface area (Å²) in [5.74, 6) is 0. The summed E-state index contributed by atoms with van der Waals surface area (Å²) >= 11 is 0. The van der Waals surface area contributed by atoms with E-state index in [1.54, 1.807) is 10.9 Å². The van der Waals surface area contributed by atoms with Gasteiger partial charge in [-0.1, -0.05) is 18.2 Å². The van der Waals surface area contributed by atoms with Crippen LogP contribution < -0.4 is 0 Å². The second-order valence-corrected chi connectivity index (χ2v) is 2.94. The van der Waals surface area contributed by atoms with Crippen LogP contribution in [0.5, 0.6) is 0 Å². The molecule has 0 atom stereocenters. The summed E-state index contributed by atoms with van der Waals surface area (Å²) in [5.41, 5.74) is 1.97. The lowest BCUT2D eigenvalue weighted by atomic mass is 10.3. The van der Waals surface area contributed by atoms with Crippen molar-refractivity contribution in [3.8, 4) is 5.69 Å². The molecule has 0 spiro atoms. The van der Waals surface area contributed by atoms with Gasteiger partial charge in [-0.2, -0.15) is 5.10 Å². The molecule has 1 aromatic heterocycles. The molecule has 14 heavy (non-hydrogen) atoms. The van der Waals surface area contributed by atoms with E-state index >= 15 is 0 Å². The van der Waals surface area contributed by atoms with E-state index in [2.05, 4.69) is 9.94 Å². The smallest absolute Gasteiger partial charge is 0.242 e. The highest BCUT2D eigenvalue weighted by Crippen LogP contribution is 2.07. The monoisotopic (exact) mass is 183 g/mol. The van der Waals surface area contributed by atoms with Gasteiger partial charge in [-0.3, -0.25) is 0 Å². The number of para-hydroxylation sites is 1. The van der Waals surface area contributed by atoms with E-state index in [-0.39, 0.29) is 0 Å². The van der Waals surface area contributed by atoms with Gasteiger partial charge in [0.2, 0.25) is 6.54 Å². The Bertz CT molecular complexity index is 451. The van der Waals surface area contributed by atoms with E-state index < -0.39 is 0 Å². The first kappa shape index (κ1) is 8.52. The molecule has 3 heteroatoms. The molecule has 0 radical (unpaired) electrons. The predicted molar refractivity (Wildman–Crippen MR) is 53.9 cm³/mol. The van der Waals surface area contributed by atoms with Crippen molar-refractivity contribution in [1.82, 2.24) is 9.78 Å². The molecule has 3 nitrogen and oxygen atoms in total. The fourth-order valence-corrected chi connectivity index (χ4v) is 1.25. The van der Waals surface area contributed by atoms with Gasteiger partial charge in [0.15, 0.2) is 0 Å². The molecule has 2 aromatic rings. The number of hydrogen-bond donors (Lipinski definition) is 0. The van der Waals surface area contributed by atoms with E-state index in [9.17, 15) is 0 Å². The Morgan fingerprint density at radius 2 is 2.07 bits per heavy atom. The van der Waals surface area contributed by atoms with Crippen LogP contribution >= 0.6 is 0 Å². The van der Waals surface area contributed by atoms with E-state index in [0.29, 0.717) is 6.54 Å². The Kier molecular flexibility index (Phi) is 2.28. The van der Waals surface area contributed by atoms with Gasteiger partial charge in [0.05, 0.1) is 17.4 Å². The number of hydrogen-bond acceptors (Lipinski definition) is 1. The summed E-state index contributed by atoms with van der Waals surface area (Å²) in [6, 6.07) is 9.85. The van der Waals surface area contributed by atoms with Gasteiger partial charge >= 0.3 is 0 Å². The molecule has 0 unspecified atom stereocenters. The fourth-order valence-electron chi connectivity index (χ4n) is 1.25. The second kappa shape index (κ2) is 3.75. The van der Waals surface area contributed by atoms with Crippen LogP contribution in [0.2, 0.25) is 0 Å². The largest absolute Gasteiger partial charge is 0.312 e. The quantitative estimate of drug-likeness (QED) is 0.655. The van der Waals surface area contributed by atoms with Crippen LogP contribution in [-0.4, -0.2) is 9.78 Å². The second-order valence-electron chi connectivity index (χ2n) is 2.94. The third-order valence-corrected chi connectivity index (χ3v) is 1.92. The predicted octanol–water partition coefficient (Wildman–Crippen LogP) is 2.29. The molecule has 1 aromatic carbocycles. The molecule has 0 bridgehead atoms. The van der Waals surface area contributed by atoms with Crippen LogP contribution in [-0.2, 0) is 6.54 Å². The first-order valence-electron chi connectivity index (χ1n) is 4.32. The van der Waals surface area contributed by atoms with Gasteiger partial charge in [0.1, 0.15) is 0 Å². The van der Waals surface area contributed by atoms with Crippen LogP contribution in [0.15, 0.2) is 42.7 Å². The Balaban J connectivity index is 2.31. The van der Waals surface area contributed by atoms with Gasteiger partial charge in [-0.05, 0) is 12.1 Å². The number of benzene rings is 1. The molecule has 68 valence electrons. The summed E-state index contributed by atoms with van der Waals surface area (Å²) in [5, 5.41) is 4.18. The molecule has 0 saturated carbocycles. The zero-order chi connectivity index (χ0) is 9.80. The minimum atomic E-state index is 0.396. The lowest BCUT2D eigenvalue weighted by Crippen LogP contribution is -1.92. The van der Waals surface area contributed by atoms with E-state index in [4.69, 9.17) is 6.57 Å². The number of rotatable bonds is 2. The van der Waals surface area contributed by atoms with Crippen LogP contribution in [0.4, 0.5) is 0 Å². The average molecular weight is 183 g/mol. The Hall–Kier alpha value is -2.08. The van der Waals surface area contributed by atoms with Crippen molar-refractivity contribution in [1.29, 1.82) is 0 Å². The van der Waals surface area contributed by atoms with Gasteiger partial charge < -0.3 is 4.85 Å². The lowest BCUT2D eigenvalue weighted by Gasteiger charge is -1.98. The first-order valence-corrected chi connectivity index (χ1v) is 4.32. The Morgan fingerprint density at radius 3 is 2.79 bits per heavy atom. The van der Waals surface area contributed by atoms with E-state index in [1.165, 1.54) is 0 Å². The SMILES string of the molecule is [C-]#[N+]Cc1cnn(-c2ccccc2)c1. The molecule has 0 saturated heterocycles. The Morgan fingerprint density at radius 1 is 1.29 bits per heavy atom. The van der Waals surface area contributed by atoms with Crippen LogP contribution in [0, 0.1) is 6.57 Å². The molecule has 1 heterocycles. The fraction of sp³-hybridized carbons (Fsp3) is 0.0909. The summed E-state index contributed by atoms with van der Waals surface area (Å²) in [6.45, 7) is 7.14. The van der Waals surface area contributed by atoms with Crippen molar-refractivity contribution in [2.45, 2.75) is 6.54 Å². The number of nitrogens with zero attached hydrogens (tertiary/aromatic N) is 3. The molecular weight excluding hydrogens is 174 g/mol. The molecule has 0 aliphatic rings. The van der Waals surface area contributed by atoms with E-state index in [1.807, 2.05) is 36.5 Å². The third-order valence-electron chi connectivity index (χ3n) is 1.92. The highest BCUT2D eigenvalue weighted by Gasteiger charge is 2.00. The van der Waals surface area contributed by atoms with Gasteiger partial charge in [0.25, 0.3) is 0 Å². The normalized spacial score (nSPS) is 9.64. The summed E-state index contributed by atoms with van der Waals surface area (Å²) in [7, 11) is 0. The van der Waals surface area contributed by atoms with Crippen molar-refractivity contribution < 1.29 is 0 Å². The topological polar surface area (TPSA) is 22.2 Å². The van der Waals surface area contributed by atoms with Crippen molar-refractivity contribution in [3.05, 3.63) is 59.7 Å². The third kappa shape index (κ3) is 1.64. The van der Waals surface area contributed by atoms with Crippen LogP contribution in [0.1, 0.15) is 5.56 Å². The van der Waals surface area contributed by atoms with Crippen molar-refractivity contribution >= 4 is 0 Å². The summed E-state index contributed by atoms with van der Waals surface area (Å²) < 4.78 is 1.78. The van der Waals surface area contributed by atoms with Crippen LogP contribution in [0.25, 0.3) is 10.5 Å². The highest BCUT2D eigenvalue weighted by atomic mass is 15.3. The summed E-state index contributed by atoms with van der Waals surface area (Å²) in [6.07, 6.45) is 3.61. The Labute approximate surface area is 82.4 Å². The minimum absolute atomic E-state index is 0.396. The molecule has 0 amide bonds. The molecule has 0 aliphatic heterocycles. The zero-order valence-corrected chi connectivity index (χ0v) is 7.59. The molecule has 0 N–H and O–H groups in total. The molecule has 2 rings (SSSR count). The number of aromatic nitrogens is 2. The molecule has 0 aliphatic carbocycles. The van der Waals surface area contributed by atoms with Gasteiger partial charge in [-0.25, -0.2) is 11.3 Å². The molecule has 0 fully saturated rings. The lowest BCUT2D eigenvalue weighted by molar-refractivity contribution is 0.880. The van der Waals surface area contributed by atoms with Gasteiger partial charge in [-0.15, -0.1) is 0 Å². The summed E-state index contributed by atoms with van der Waals surface area (Å²) in [4.78, 5) is 3.31. The standard InChI is InChI=1S/C11H9N3/c1-12-7-10-8-13-14(9-10)11-5-3-2-4-6-11/h2-6,8-9H,7H2. The maximum Gasteiger partial charge on any atom is 0.242 e. The van der Waals surface area contributed by atoms with Crippen molar-refractivity contribution in [2.24, 2.45) is 0 Å². The minimum Gasteiger partial charge on any atom is -0.312 e. The van der Waals surface area contributed by atoms with Crippen LogP contribution in [0.3, 0.4) is 0 Å². The average Bonchev–Trinajstić information content (AvgIpc) is 2.68. The maximum absolute atomic E-state index is 6.74. The van der Waals surface area contributed by atoms with E-state index in [0.717, 1.165) is 11.3 Å².